The lowest BCUT2D eigenvalue weighted by Gasteiger charge is -2.22. The van der Waals surface area contributed by atoms with Crippen LogP contribution in [0.4, 0.5) is 0 Å². The van der Waals surface area contributed by atoms with Gasteiger partial charge in [-0.05, 0) is 24.0 Å². The molecule has 148 valence electrons. The Labute approximate surface area is 163 Å². The van der Waals surface area contributed by atoms with Crippen LogP contribution < -0.4 is 22.1 Å². The predicted octanol–water partition coefficient (Wildman–Crippen LogP) is 1.10. The van der Waals surface area contributed by atoms with E-state index in [4.69, 9.17) is 11.5 Å². The number of nitrogens with one attached hydrogen (secondary N) is 2. The second-order valence-electron chi connectivity index (χ2n) is 6.16. The maximum absolute atomic E-state index is 12.6. The molecule has 9 heteroatoms. The Bertz CT molecular complexity index is 758. The van der Waals surface area contributed by atoms with Crippen molar-refractivity contribution in [3.05, 3.63) is 81.9 Å². The molecule has 0 fully saturated rings. The Morgan fingerprint density at radius 1 is 1.07 bits per heavy atom. The molecule has 0 saturated carbocycles. The Balaban J connectivity index is 1.93. The van der Waals surface area contributed by atoms with Gasteiger partial charge in [0, 0.05) is 6.54 Å². The third kappa shape index (κ3) is 6.69. The summed E-state index contributed by atoms with van der Waals surface area (Å²) in [5, 5.41) is 17.9. The van der Waals surface area contributed by atoms with Crippen molar-refractivity contribution in [2.45, 2.75) is 24.9 Å². The number of guanidine groups is 1. The lowest BCUT2D eigenvalue weighted by Crippen LogP contribution is -2.43. The zero-order valence-electron chi connectivity index (χ0n) is 15.3. The van der Waals surface area contributed by atoms with Crippen LogP contribution in [-0.4, -0.2) is 29.5 Å². The van der Waals surface area contributed by atoms with Gasteiger partial charge in [-0.3, -0.25) is 4.79 Å². The number of rotatable bonds is 9. The van der Waals surface area contributed by atoms with E-state index in [2.05, 4.69) is 15.7 Å². The molecule has 9 nitrogen and oxygen atoms in total. The van der Waals surface area contributed by atoms with E-state index in [0.717, 1.165) is 11.1 Å². The fourth-order valence-corrected chi connectivity index (χ4v) is 2.69. The first-order valence-electron chi connectivity index (χ1n) is 8.85. The van der Waals surface area contributed by atoms with Crippen LogP contribution in [0.2, 0.25) is 0 Å². The molecule has 2 aromatic carbocycles. The molecule has 0 aliphatic rings. The maximum Gasteiger partial charge on any atom is 0.266 e. The van der Waals surface area contributed by atoms with Crippen molar-refractivity contribution in [1.29, 1.82) is 0 Å². The number of nitrogens with two attached hydrogens (primary N) is 2. The molecular formula is C19H24N6O3. The molecular weight excluding hydrogens is 360 g/mol. The van der Waals surface area contributed by atoms with Crippen molar-refractivity contribution in [3.8, 4) is 0 Å². The standard InChI is InChI=1S/C19H24N6O3/c20-16(12-7-13-22-19(21)24-25(27)28)18(26)23-17(14-8-3-1-4-9-14)15-10-5-2-6-11-15/h1-6,8-11,16-17H,7,12-13,20H2,(H,23,26)(H3,21,22,24)/t16-/m1/s1. The zero-order valence-corrected chi connectivity index (χ0v) is 15.3. The van der Waals surface area contributed by atoms with Crippen LogP contribution in [0.15, 0.2) is 65.8 Å². The van der Waals surface area contributed by atoms with Crippen molar-refractivity contribution in [3.63, 3.8) is 0 Å². The van der Waals surface area contributed by atoms with Gasteiger partial charge in [-0.25, -0.2) is 10.1 Å². The van der Waals surface area contributed by atoms with Gasteiger partial charge in [-0.1, -0.05) is 60.7 Å². The molecule has 1 atom stereocenters. The van der Waals surface area contributed by atoms with Gasteiger partial charge in [0.2, 0.25) is 5.91 Å². The molecule has 28 heavy (non-hydrogen) atoms. The summed E-state index contributed by atoms with van der Waals surface area (Å²) in [5.41, 5.74) is 13.3. The van der Waals surface area contributed by atoms with E-state index in [0.29, 0.717) is 19.4 Å². The van der Waals surface area contributed by atoms with Gasteiger partial charge in [0.05, 0.1) is 12.1 Å². The average Bonchev–Trinajstić information content (AvgIpc) is 2.69. The minimum Gasteiger partial charge on any atom is -0.365 e. The molecule has 0 unspecified atom stereocenters. The summed E-state index contributed by atoms with van der Waals surface area (Å²) in [6.45, 7) is 0.324. The maximum atomic E-state index is 12.6. The van der Waals surface area contributed by atoms with Crippen molar-refractivity contribution in [2.24, 2.45) is 16.6 Å². The molecule has 2 aromatic rings. The molecule has 6 N–H and O–H groups in total. The molecule has 0 spiro atoms. The predicted molar refractivity (Wildman–Crippen MR) is 107 cm³/mol. The molecule has 0 bridgehead atoms. The third-order valence-corrected chi connectivity index (χ3v) is 4.08. The topological polar surface area (TPSA) is 149 Å². The lowest BCUT2D eigenvalue weighted by atomic mass is 9.98. The van der Waals surface area contributed by atoms with Gasteiger partial charge < -0.3 is 22.1 Å². The summed E-state index contributed by atoms with van der Waals surface area (Å²) in [4.78, 5) is 22.8. The van der Waals surface area contributed by atoms with Crippen LogP contribution >= 0.6 is 0 Å². The van der Waals surface area contributed by atoms with E-state index >= 15 is 0 Å². The van der Waals surface area contributed by atoms with E-state index < -0.39 is 11.1 Å². The van der Waals surface area contributed by atoms with Crippen LogP contribution in [-0.2, 0) is 4.79 Å². The number of nitro groups is 1. The van der Waals surface area contributed by atoms with Gasteiger partial charge in [0.15, 0.2) is 5.03 Å². The fraction of sp³-hybridized carbons (Fsp3) is 0.263. The minimum atomic E-state index is -0.880. The van der Waals surface area contributed by atoms with Crippen LogP contribution in [0.1, 0.15) is 30.0 Å². The normalized spacial score (nSPS) is 12.4. The van der Waals surface area contributed by atoms with E-state index in [1.807, 2.05) is 60.7 Å². The fourth-order valence-electron chi connectivity index (χ4n) is 2.69. The number of amides is 1. The summed E-state index contributed by atoms with van der Waals surface area (Å²) >= 11 is 0. The van der Waals surface area contributed by atoms with E-state index in [1.54, 1.807) is 0 Å². The van der Waals surface area contributed by atoms with Crippen LogP contribution in [0.3, 0.4) is 0 Å². The van der Waals surface area contributed by atoms with E-state index in [1.165, 1.54) is 0 Å². The highest BCUT2D eigenvalue weighted by molar-refractivity contribution is 5.82. The minimum absolute atomic E-state index is 0.273. The van der Waals surface area contributed by atoms with Gasteiger partial charge >= 0.3 is 0 Å². The lowest BCUT2D eigenvalue weighted by molar-refractivity contribution is -0.485. The van der Waals surface area contributed by atoms with E-state index in [9.17, 15) is 14.9 Å². The quantitative estimate of drug-likeness (QED) is 0.167. The molecule has 0 aromatic heterocycles. The van der Waals surface area contributed by atoms with Crippen LogP contribution in [0.5, 0.6) is 0 Å². The molecule has 0 aliphatic heterocycles. The monoisotopic (exact) mass is 384 g/mol. The largest absolute Gasteiger partial charge is 0.365 e. The first-order valence-corrected chi connectivity index (χ1v) is 8.85. The Morgan fingerprint density at radius 2 is 1.61 bits per heavy atom. The van der Waals surface area contributed by atoms with Gasteiger partial charge in [-0.15, -0.1) is 0 Å². The molecule has 0 saturated heterocycles. The van der Waals surface area contributed by atoms with Crippen LogP contribution in [0.25, 0.3) is 0 Å². The summed E-state index contributed by atoms with van der Waals surface area (Å²) in [5.74, 6) is -0.555. The number of hydrogen-bond donors (Lipinski definition) is 4. The third-order valence-electron chi connectivity index (χ3n) is 4.08. The first-order chi connectivity index (χ1) is 13.5. The highest BCUT2D eigenvalue weighted by Crippen LogP contribution is 2.21. The van der Waals surface area contributed by atoms with Crippen LogP contribution in [0, 0.1) is 10.1 Å². The summed E-state index contributed by atoms with van der Waals surface area (Å²) in [6, 6.07) is 18.3. The number of nitrogens with zero attached hydrogens (tertiary/aromatic N) is 2. The highest BCUT2D eigenvalue weighted by Gasteiger charge is 2.20. The smallest absolute Gasteiger partial charge is 0.266 e. The van der Waals surface area contributed by atoms with Crippen molar-refractivity contribution in [1.82, 2.24) is 10.6 Å². The van der Waals surface area contributed by atoms with Crippen molar-refractivity contribution < 1.29 is 9.83 Å². The summed E-state index contributed by atoms with van der Waals surface area (Å²) in [6.07, 6.45) is 0.894. The second-order valence-corrected chi connectivity index (χ2v) is 6.16. The van der Waals surface area contributed by atoms with E-state index in [-0.39, 0.29) is 17.9 Å². The summed E-state index contributed by atoms with van der Waals surface area (Å²) in [7, 11) is 0. The van der Waals surface area contributed by atoms with Crippen molar-refractivity contribution in [2.75, 3.05) is 6.54 Å². The average molecular weight is 384 g/mol. The molecule has 0 aliphatic carbocycles. The van der Waals surface area contributed by atoms with Gasteiger partial charge in [-0.2, -0.15) is 0 Å². The molecule has 0 radical (unpaired) electrons. The number of carbonyl (C=O) groups is 1. The molecule has 0 heterocycles. The van der Waals surface area contributed by atoms with Crippen molar-refractivity contribution >= 4 is 11.9 Å². The van der Waals surface area contributed by atoms with Gasteiger partial charge in [0.1, 0.15) is 5.10 Å². The number of hydrazone groups is 1. The Hall–Kier alpha value is -3.46. The molecule has 1 amide bonds. The van der Waals surface area contributed by atoms with Gasteiger partial charge in [0.25, 0.3) is 5.96 Å². The highest BCUT2D eigenvalue weighted by atomic mass is 16.7. The first kappa shape index (κ1) is 20.8. The zero-order chi connectivity index (χ0) is 20.4. The SMILES string of the molecule is NC(=N[N+](=O)[O-])NCCC[C@@H](N)C(=O)NC(c1ccccc1)c1ccccc1. The number of benzene rings is 2. The Kier molecular flexibility index (Phi) is 7.92. The Morgan fingerprint density at radius 3 is 2.11 bits per heavy atom. The number of carbonyl (C=O) groups excluding carboxylic acids is 1. The summed E-state index contributed by atoms with van der Waals surface area (Å²) < 4.78 is 0. The number of hydrogen-bond acceptors (Lipinski definition) is 4. The second kappa shape index (κ2) is 10.6. The molecule has 2 rings (SSSR count).